The first-order valence-corrected chi connectivity index (χ1v) is 5.50. The number of phenols is 1. The zero-order valence-electron chi connectivity index (χ0n) is 9.24. The number of rotatable bonds is 2. The predicted octanol–water partition coefficient (Wildman–Crippen LogP) is 2.79. The van der Waals surface area contributed by atoms with E-state index in [9.17, 15) is 5.11 Å². The van der Waals surface area contributed by atoms with Crippen molar-refractivity contribution < 1.29 is 5.11 Å². The van der Waals surface area contributed by atoms with Gasteiger partial charge in [-0.1, -0.05) is 12.1 Å². The van der Waals surface area contributed by atoms with E-state index < -0.39 is 0 Å². The topological polar surface area (TPSA) is 38.0 Å². The van der Waals surface area contributed by atoms with Crippen LogP contribution in [0.1, 0.15) is 5.56 Å². The number of hydrogen-bond acceptors (Lipinski definition) is 2. The van der Waals surface area contributed by atoms with Gasteiger partial charge in [-0.25, -0.2) is 0 Å². The van der Waals surface area contributed by atoms with Crippen molar-refractivity contribution in [2.24, 2.45) is 0 Å². The van der Waals surface area contributed by atoms with Crippen LogP contribution in [0.5, 0.6) is 5.75 Å². The van der Waals surface area contributed by atoms with Crippen molar-refractivity contribution in [1.82, 2.24) is 9.55 Å². The van der Waals surface area contributed by atoms with E-state index >= 15 is 0 Å². The molecule has 0 aliphatic rings. The van der Waals surface area contributed by atoms with Crippen LogP contribution in [0.3, 0.4) is 0 Å². The van der Waals surface area contributed by atoms with Crippen molar-refractivity contribution in [2.45, 2.75) is 6.54 Å². The Morgan fingerprint density at radius 3 is 2.88 bits per heavy atom. The molecule has 0 aliphatic heterocycles. The number of fused-ring (bicyclic) bond motifs is 1. The summed E-state index contributed by atoms with van der Waals surface area (Å²) >= 11 is 0. The monoisotopic (exact) mass is 224 g/mol. The Balaban J connectivity index is 2.05. The fourth-order valence-electron chi connectivity index (χ4n) is 2.03. The molecule has 0 saturated heterocycles. The first-order valence-electron chi connectivity index (χ1n) is 5.50. The van der Waals surface area contributed by atoms with E-state index in [1.807, 2.05) is 42.7 Å². The maximum atomic E-state index is 9.72. The van der Waals surface area contributed by atoms with Gasteiger partial charge in [0.05, 0.1) is 5.52 Å². The molecule has 0 radical (unpaired) electrons. The Morgan fingerprint density at radius 1 is 1.12 bits per heavy atom. The summed E-state index contributed by atoms with van der Waals surface area (Å²) in [6.07, 6.45) is 5.61. The highest BCUT2D eigenvalue weighted by atomic mass is 16.3. The zero-order chi connectivity index (χ0) is 11.7. The molecule has 3 heteroatoms. The molecular formula is C14H12N2O. The van der Waals surface area contributed by atoms with Gasteiger partial charge in [0, 0.05) is 30.5 Å². The van der Waals surface area contributed by atoms with E-state index in [0.717, 1.165) is 23.0 Å². The predicted molar refractivity (Wildman–Crippen MR) is 66.9 cm³/mol. The van der Waals surface area contributed by atoms with Gasteiger partial charge < -0.3 is 9.67 Å². The molecule has 17 heavy (non-hydrogen) atoms. The molecule has 0 saturated carbocycles. The molecule has 0 unspecified atom stereocenters. The molecule has 0 atom stereocenters. The van der Waals surface area contributed by atoms with Crippen molar-refractivity contribution in [3.8, 4) is 5.75 Å². The molecule has 1 aromatic carbocycles. The van der Waals surface area contributed by atoms with E-state index in [4.69, 9.17) is 0 Å². The lowest BCUT2D eigenvalue weighted by Crippen LogP contribution is -1.97. The van der Waals surface area contributed by atoms with Gasteiger partial charge in [-0.3, -0.25) is 4.98 Å². The molecule has 3 aromatic rings. The van der Waals surface area contributed by atoms with Crippen LogP contribution in [0.15, 0.2) is 55.0 Å². The van der Waals surface area contributed by atoms with Gasteiger partial charge in [-0.2, -0.15) is 0 Å². The van der Waals surface area contributed by atoms with Crippen LogP contribution in [0.4, 0.5) is 0 Å². The molecule has 0 spiro atoms. The highest BCUT2D eigenvalue weighted by molar-refractivity contribution is 5.86. The van der Waals surface area contributed by atoms with E-state index in [2.05, 4.69) is 9.55 Å². The average molecular weight is 224 g/mol. The highest BCUT2D eigenvalue weighted by Gasteiger charge is 2.04. The number of hydrogen-bond donors (Lipinski definition) is 1. The molecule has 2 aromatic heterocycles. The minimum absolute atomic E-state index is 0.326. The Labute approximate surface area is 99.0 Å². The van der Waals surface area contributed by atoms with Gasteiger partial charge in [0.2, 0.25) is 0 Å². The summed E-state index contributed by atoms with van der Waals surface area (Å²) in [6, 6.07) is 11.5. The first kappa shape index (κ1) is 9.90. The van der Waals surface area contributed by atoms with Crippen LogP contribution in [0.25, 0.3) is 10.9 Å². The summed E-state index contributed by atoms with van der Waals surface area (Å²) in [6.45, 7) is 0.765. The Hall–Kier alpha value is -2.29. The summed E-state index contributed by atoms with van der Waals surface area (Å²) in [7, 11) is 0. The van der Waals surface area contributed by atoms with Gasteiger partial charge in [0.25, 0.3) is 0 Å². The first-order chi connectivity index (χ1) is 8.34. The Morgan fingerprint density at radius 2 is 2.06 bits per heavy atom. The zero-order valence-corrected chi connectivity index (χ0v) is 9.24. The average Bonchev–Trinajstić information content (AvgIpc) is 2.76. The van der Waals surface area contributed by atoms with Gasteiger partial charge in [0.15, 0.2) is 0 Å². The number of nitrogens with zero attached hydrogens (tertiary/aromatic N) is 2. The second kappa shape index (κ2) is 3.94. The van der Waals surface area contributed by atoms with Crippen LogP contribution in [-0.2, 0) is 6.54 Å². The van der Waals surface area contributed by atoms with Crippen LogP contribution < -0.4 is 0 Å². The van der Waals surface area contributed by atoms with Gasteiger partial charge >= 0.3 is 0 Å². The minimum atomic E-state index is 0.326. The number of aromatic hydroxyl groups is 1. The maximum absolute atomic E-state index is 9.72. The third kappa shape index (κ3) is 1.76. The van der Waals surface area contributed by atoms with Crippen molar-refractivity contribution in [2.75, 3.05) is 0 Å². The molecule has 1 N–H and O–H groups in total. The largest absolute Gasteiger partial charge is 0.507 e. The molecule has 84 valence electrons. The number of phenolic OH excluding ortho intramolecular Hbond substituents is 1. The van der Waals surface area contributed by atoms with Crippen molar-refractivity contribution in [3.63, 3.8) is 0 Å². The number of benzene rings is 1. The summed E-state index contributed by atoms with van der Waals surface area (Å²) in [5.74, 6) is 0.326. The molecular weight excluding hydrogens is 212 g/mol. The maximum Gasteiger partial charge on any atom is 0.124 e. The Kier molecular flexibility index (Phi) is 2.29. The quantitative estimate of drug-likeness (QED) is 0.726. The third-order valence-corrected chi connectivity index (χ3v) is 2.87. The van der Waals surface area contributed by atoms with E-state index in [1.165, 1.54) is 0 Å². The molecule has 0 bridgehead atoms. The van der Waals surface area contributed by atoms with Gasteiger partial charge in [-0.15, -0.1) is 0 Å². The van der Waals surface area contributed by atoms with E-state index in [0.29, 0.717) is 5.75 Å². The normalized spacial score (nSPS) is 10.8. The third-order valence-electron chi connectivity index (χ3n) is 2.87. The van der Waals surface area contributed by atoms with Crippen molar-refractivity contribution in [3.05, 3.63) is 60.6 Å². The van der Waals surface area contributed by atoms with E-state index in [1.54, 1.807) is 12.3 Å². The minimum Gasteiger partial charge on any atom is -0.507 e. The van der Waals surface area contributed by atoms with Crippen molar-refractivity contribution in [1.29, 1.82) is 0 Å². The van der Waals surface area contributed by atoms with Crippen LogP contribution in [-0.4, -0.2) is 14.7 Å². The Bertz CT molecular complexity index is 644. The number of pyridine rings is 1. The lowest BCUT2D eigenvalue weighted by molar-refractivity contribution is 0.481. The van der Waals surface area contributed by atoms with Gasteiger partial charge in [0.1, 0.15) is 5.75 Å². The smallest absolute Gasteiger partial charge is 0.124 e. The lowest BCUT2D eigenvalue weighted by Gasteiger charge is -2.05. The summed E-state index contributed by atoms with van der Waals surface area (Å²) in [5, 5.41) is 10.6. The second-order valence-corrected chi connectivity index (χ2v) is 4.01. The van der Waals surface area contributed by atoms with Crippen LogP contribution >= 0.6 is 0 Å². The van der Waals surface area contributed by atoms with Crippen LogP contribution in [0, 0.1) is 0 Å². The highest BCUT2D eigenvalue weighted by Crippen LogP contribution is 2.25. The summed E-state index contributed by atoms with van der Waals surface area (Å²) in [4.78, 5) is 4.10. The molecule has 2 heterocycles. The molecule has 0 aliphatic carbocycles. The van der Waals surface area contributed by atoms with Crippen molar-refractivity contribution >= 4 is 10.9 Å². The standard InChI is InChI=1S/C14H12N2O/c17-14-5-1-4-13-12(14)6-8-16(13)10-11-3-2-7-15-9-11/h1-9,17H,10H2. The number of aromatic nitrogens is 2. The molecule has 0 fully saturated rings. The summed E-state index contributed by atoms with van der Waals surface area (Å²) < 4.78 is 2.10. The molecule has 3 nitrogen and oxygen atoms in total. The summed E-state index contributed by atoms with van der Waals surface area (Å²) in [5.41, 5.74) is 2.18. The lowest BCUT2D eigenvalue weighted by atomic mass is 10.2. The van der Waals surface area contributed by atoms with Crippen LogP contribution in [0.2, 0.25) is 0 Å². The fourth-order valence-corrected chi connectivity index (χ4v) is 2.03. The molecule has 3 rings (SSSR count). The van der Waals surface area contributed by atoms with Gasteiger partial charge in [-0.05, 0) is 29.8 Å². The van der Waals surface area contributed by atoms with E-state index in [-0.39, 0.29) is 0 Å². The second-order valence-electron chi connectivity index (χ2n) is 4.01. The fraction of sp³-hybridized carbons (Fsp3) is 0.0714. The SMILES string of the molecule is Oc1cccc2c1ccn2Cc1cccnc1. The molecule has 0 amide bonds.